The molecule has 0 saturated carbocycles. The molecule has 2 aromatic rings. The molecule has 1 N–H and O–H groups in total. The number of aromatic nitrogens is 4. The molecule has 0 aromatic carbocycles. The van der Waals surface area contributed by atoms with Gasteiger partial charge in [0.25, 0.3) is 5.95 Å². The Morgan fingerprint density at radius 2 is 1.76 bits per heavy atom. The van der Waals surface area contributed by atoms with Crippen LogP contribution >= 0.6 is 0 Å². The summed E-state index contributed by atoms with van der Waals surface area (Å²) >= 11 is 0. The summed E-state index contributed by atoms with van der Waals surface area (Å²) in [6.45, 7) is 11.2. The lowest BCUT2D eigenvalue weighted by atomic mass is 9.92. The molecular weight excluding hydrogens is 368 g/mol. The number of hydrogen-bond acceptors (Lipinski definition) is 5. The summed E-state index contributed by atoms with van der Waals surface area (Å²) in [6.07, 6.45) is 4.61. The molecule has 0 unspecified atom stereocenters. The predicted octanol–water partition coefficient (Wildman–Crippen LogP) is 2.79. The van der Waals surface area contributed by atoms with Gasteiger partial charge in [-0.1, -0.05) is 34.6 Å². The van der Waals surface area contributed by atoms with Gasteiger partial charge in [-0.3, -0.25) is 9.59 Å². The smallest absolute Gasteiger partial charge is 0.252 e. The number of rotatable bonds is 4. The van der Waals surface area contributed by atoms with Crippen molar-refractivity contribution in [2.24, 2.45) is 11.8 Å². The maximum absolute atomic E-state index is 12.9. The molecule has 1 saturated heterocycles. The molecule has 0 atom stereocenters. The first-order valence-electron chi connectivity index (χ1n) is 10.1. The van der Waals surface area contributed by atoms with E-state index in [-0.39, 0.29) is 29.1 Å². The number of anilines is 1. The van der Waals surface area contributed by atoms with E-state index in [1.165, 1.54) is 0 Å². The van der Waals surface area contributed by atoms with Crippen molar-refractivity contribution in [1.29, 1.82) is 0 Å². The standard InChI is InChI=1S/C21H30N6O2/c1-14(2)19(29)26-11-7-15(8-12-26)18(28)24-17-13-16(21(3,4)5)25-27(17)20-22-9-6-10-23-20/h6,9-10,13-15H,7-8,11-12H2,1-5H3,(H,24,28). The first-order valence-corrected chi connectivity index (χ1v) is 10.1. The monoisotopic (exact) mass is 398 g/mol. The minimum Gasteiger partial charge on any atom is -0.342 e. The van der Waals surface area contributed by atoms with E-state index in [0.29, 0.717) is 37.7 Å². The molecule has 1 aliphatic heterocycles. The molecule has 0 spiro atoms. The molecule has 2 amide bonds. The summed E-state index contributed by atoms with van der Waals surface area (Å²) in [5.41, 5.74) is 0.666. The summed E-state index contributed by atoms with van der Waals surface area (Å²) in [4.78, 5) is 35.5. The lowest BCUT2D eigenvalue weighted by Gasteiger charge is -2.32. The van der Waals surface area contributed by atoms with Crippen LogP contribution in [0.15, 0.2) is 24.5 Å². The van der Waals surface area contributed by atoms with Crippen LogP contribution in [0.1, 0.15) is 53.2 Å². The molecule has 1 aliphatic rings. The maximum atomic E-state index is 12.9. The predicted molar refractivity (Wildman–Crippen MR) is 111 cm³/mol. The first-order chi connectivity index (χ1) is 13.7. The summed E-state index contributed by atoms with van der Waals surface area (Å²) in [6, 6.07) is 3.62. The zero-order valence-corrected chi connectivity index (χ0v) is 17.8. The van der Waals surface area contributed by atoms with Crippen molar-refractivity contribution in [2.75, 3.05) is 18.4 Å². The lowest BCUT2D eigenvalue weighted by Crippen LogP contribution is -2.43. The minimum absolute atomic E-state index is 0.0172. The van der Waals surface area contributed by atoms with Crippen LogP contribution in [0.25, 0.3) is 5.95 Å². The van der Waals surface area contributed by atoms with E-state index in [0.717, 1.165) is 5.69 Å². The number of amides is 2. The number of piperidine rings is 1. The third-order valence-electron chi connectivity index (χ3n) is 5.14. The van der Waals surface area contributed by atoms with Crippen LogP contribution in [-0.2, 0) is 15.0 Å². The van der Waals surface area contributed by atoms with Gasteiger partial charge in [-0.2, -0.15) is 9.78 Å². The molecule has 0 bridgehead atoms. The summed E-state index contributed by atoms with van der Waals surface area (Å²) < 4.78 is 1.58. The molecular formula is C21H30N6O2. The number of nitrogens with one attached hydrogen (secondary N) is 1. The Labute approximate surface area is 171 Å². The van der Waals surface area contributed by atoms with E-state index in [4.69, 9.17) is 0 Å². The van der Waals surface area contributed by atoms with Crippen molar-refractivity contribution in [2.45, 2.75) is 52.9 Å². The average Bonchev–Trinajstić information content (AvgIpc) is 3.12. The van der Waals surface area contributed by atoms with E-state index >= 15 is 0 Å². The van der Waals surface area contributed by atoms with Crippen LogP contribution in [0, 0.1) is 11.8 Å². The van der Waals surface area contributed by atoms with Gasteiger partial charge >= 0.3 is 0 Å². The third-order valence-corrected chi connectivity index (χ3v) is 5.14. The van der Waals surface area contributed by atoms with Crippen molar-refractivity contribution < 1.29 is 9.59 Å². The Hall–Kier alpha value is -2.77. The summed E-state index contributed by atoms with van der Waals surface area (Å²) in [5, 5.41) is 7.64. The van der Waals surface area contributed by atoms with Gasteiger partial charge in [-0.05, 0) is 18.9 Å². The topological polar surface area (TPSA) is 93.0 Å². The molecule has 0 aliphatic carbocycles. The van der Waals surface area contributed by atoms with E-state index in [1.807, 2.05) is 24.8 Å². The summed E-state index contributed by atoms with van der Waals surface area (Å²) in [7, 11) is 0. The van der Waals surface area contributed by atoms with Crippen LogP contribution in [-0.4, -0.2) is 49.6 Å². The second-order valence-electron chi connectivity index (χ2n) is 8.87. The molecule has 3 rings (SSSR count). The third kappa shape index (κ3) is 4.81. The van der Waals surface area contributed by atoms with Gasteiger partial charge in [0.15, 0.2) is 0 Å². The lowest BCUT2D eigenvalue weighted by molar-refractivity contribution is -0.137. The van der Waals surface area contributed by atoms with Crippen molar-refractivity contribution >= 4 is 17.6 Å². The number of nitrogens with zero attached hydrogens (tertiary/aromatic N) is 5. The molecule has 156 valence electrons. The fraction of sp³-hybridized carbons (Fsp3) is 0.571. The zero-order valence-electron chi connectivity index (χ0n) is 17.8. The molecule has 0 radical (unpaired) electrons. The number of carbonyl (C=O) groups excluding carboxylic acids is 2. The first kappa shape index (κ1) is 21.0. The van der Waals surface area contributed by atoms with Crippen molar-refractivity contribution in [3.05, 3.63) is 30.2 Å². The van der Waals surface area contributed by atoms with E-state index in [1.54, 1.807) is 23.1 Å². The molecule has 8 nitrogen and oxygen atoms in total. The highest BCUT2D eigenvalue weighted by Crippen LogP contribution is 2.27. The Morgan fingerprint density at radius 3 is 2.31 bits per heavy atom. The van der Waals surface area contributed by atoms with Crippen molar-refractivity contribution in [3.63, 3.8) is 0 Å². The Kier molecular flexibility index (Phi) is 6.00. The molecule has 3 heterocycles. The van der Waals surface area contributed by atoms with Crippen LogP contribution in [0.4, 0.5) is 5.82 Å². The van der Waals surface area contributed by atoms with Crippen molar-refractivity contribution in [3.8, 4) is 5.95 Å². The van der Waals surface area contributed by atoms with Gasteiger partial charge in [-0.15, -0.1) is 0 Å². The number of hydrogen-bond donors (Lipinski definition) is 1. The van der Waals surface area contributed by atoms with E-state index in [2.05, 4.69) is 41.2 Å². The number of likely N-dealkylation sites (tertiary alicyclic amines) is 1. The zero-order chi connectivity index (χ0) is 21.2. The van der Waals surface area contributed by atoms with Crippen LogP contribution in [0.3, 0.4) is 0 Å². The van der Waals surface area contributed by atoms with Crippen LogP contribution in [0.5, 0.6) is 0 Å². The van der Waals surface area contributed by atoms with Crippen LogP contribution < -0.4 is 5.32 Å². The molecule has 29 heavy (non-hydrogen) atoms. The highest BCUT2D eigenvalue weighted by Gasteiger charge is 2.29. The summed E-state index contributed by atoms with van der Waals surface area (Å²) in [5.74, 6) is 0.917. The van der Waals surface area contributed by atoms with Crippen molar-refractivity contribution in [1.82, 2.24) is 24.6 Å². The van der Waals surface area contributed by atoms with Crippen LogP contribution in [0.2, 0.25) is 0 Å². The van der Waals surface area contributed by atoms with E-state index < -0.39 is 0 Å². The molecule has 1 fully saturated rings. The highest BCUT2D eigenvalue weighted by molar-refractivity contribution is 5.92. The Balaban J connectivity index is 1.75. The highest BCUT2D eigenvalue weighted by atomic mass is 16.2. The van der Waals surface area contributed by atoms with Gasteiger partial charge < -0.3 is 10.2 Å². The Morgan fingerprint density at radius 1 is 1.14 bits per heavy atom. The van der Waals surface area contributed by atoms with Gasteiger partial charge in [0.05, 0.1) is 5.69 Å². The SMILES string of the molecule is CC(C)C(=O)N1CCC(C(=O)Nc2cc(C(C)(C)C)nn2-c2ncccn2)CC1. The normalized spacial score (nSPS) is 15.6. The van der Waals surface area contributed by atoms with Gasteiger partial charge in [0.1, 0.15) is 5.82 Å². The molecule has 2 aromatic heterocycles. The average molecular weight is 399 g/mol. The largest absolute Gasteiger partial charge is 0.342 e. The molecule has 8 heteroatoms. The van der Waals surface area contributed by atoms with Gasteiger partial charge in [-0.25, -0.2) is 9.97 Å². The Bertz CT molecular complexity index is 861. The van der Waals surface area contributed by atoms with Gasteiger partial charge in [0.2, 0.25) is 11.8 Å². The van der Waals surface area contributed by atoms with Gasteiger partial charge in [0, 0.05) is 48.8 Å². The number of carbonyl (C=O) groups is 2. The minimum atomic E-state index is -0.179. The fourth-order valence-corrected chi connectivity index (χ4v) is 3.35. The maximum Gasteiger partial charge on any atom is 0.252 e. The van der Waals surface area contributed by atoms with E-state index in [9.17, 15) is 9.59 Å². The quantitative estimate of drug-likeness (QED) is 0.855. The fourth-order valence-electron chi connectivity index (χ4n) is 3.35. The second kappa shape index (κ2) is 8.31. The second-order valence-corrected chi connectivity index (χ2v) is 8.87.